The van der Waals surface area contributed by atoms with E-state index >= 15 is 0 Å². The Morgan fingerprint density at radius 2 is 1.72 bits per heavy atom. The topological polar surface area (TPSA) is 82.3 Å². The Kier molecular flexibility index (Phi) is 5.33. The molecule has 29 heavy (non-hydrogen) atoms. The number of aromatic nitrogens is 1. The minimum Gasteiger partial charge on any atom is -0.406 e. The van der Waals surface area contributed by atoms with Crippen molar-refractivity contribution >= 4 is 10.0 Å². The molecule has 0 aliphatic carbocycles. The molecule has 152 valence electrons. The van der Waals surface area contributed by atoms with E-state index in [9.17, 15) is 26.0 Å². The number of primary sulfonamides is 1. The molecule has 3 aromatic rings. The van der Waals surface area contributed by atoms with Crippen molar-refractivity contribution in [1.29, 1.82) is 0 Å². The van der Waals surface area contributed by atoms with Crippen molar-refractivity contribution in [2.45, 2.75) is 18.2 Å². The number of alkyl halides is 3. The molecule has 0 radical (unpaired) electrons. The number of pyridine rings is 1. The van der Waals surface area contributed by atoms with Crippen LogP contribution < -0.4 is 9.88 Å². The maximum absolute atomic E-state index is 14.2. The van der Waals surface area contributed by atoms with Crippen LogP contribution in [0, 0.1) is 12.7 Å². The summed E-state index contributed by atoms with van der Waals surface area (Å²) in [4.78, 5) is 3.56. The monoisotopic (exact) mass is 426 g/mol. The third-order valence-electron chi connectivity index (χ3n) is 4.03. The van der Waals surface area contributed by atoms with Crippen LogP contribution in [0.15, 0.2) is 59.6 Å². The average Bonchev–Trinajstić information content (AvgIpc) is 2.61. The van der Waals surface area contributed by atoms with E-state index in [1.807, 2.05) is 0 Å². The number of rotatable bonds is 4. The fourth-order valence-corrected chi connectivity index (χ4v) is 3.39. The summed E-state index contributed by atoms with van der Waals surface area (Å²) in [5, 5.41) is 4.97. The summed E-state index contributed by atoms with van der Waals surface area (Å²) in [6, 6.07) is 10.7. The lowest BCUT2D eigenvalue weighted by Crippen LogP contribution is -2.17. The lowest BCUT2D eigenvalue weighted by atomic mass is 9.98. The molecule has 1 aromatic heterocycles. The number of hydrogen-bond acceptors (Lipinski definition) is 4. The van der Waals surface area contributed by atoms with Gasteiger partial charge in [0.15, 0.2) is 0 Å². The maximum Gasteiger partial charge on any atom is 0.573 e. The molecule has 10 heteroatoms. The highest BCUT2D eigenvalue weighted by molar-refractivity contribution is 7.89. The third-order valence-corrected chi connectivity index (χ3v) is 4.98. The first-order valence-electron chi connectivity index (χ1n) is 8.10. The van der Waals surface area contributed by atoms with Crippen molar-refractivity contribution in [3.63, 3.8) is 0 Å². The van der Waals surface area contributed by atoms with Gasteiger partial charge in [0, 0.05) is 17.3 Å². The number of sulfonamides is 1. The number of benzene rings is 2. The molecular weight excluding hydrogens is 412 g/mol. The minimum atomic E-state index is -4.81. The molecule has 0 saturated carbocycles. The van der Waals surface area contributed by atoms with Crippen LogP contribution in [0.4, 0.5) is 17.6 Å². The van der Waals surface area contributed by atoms with E-state index in [1.165, 1.54) is 37.4 Å². The fourth-order valence-electron chi connectivity index (χ4n) is 2.80. The summed E-state index contributed by atoms with van der Waals surface area (Å²) in [6.45, 7) is 1.46. The second kappa shape index (κ2) is 7.45. The minimum absolute atomic E-state index is 0.241. The van der Waals surface area contributed by atoms with Gasteiger partial charge < -0.3 is 4.74 Å². The molecule has 1 heterocycles. The van der Waals surface area contributed by atoms with Crippen LogP contribution >= 0.6 is 0 Å². The van der Waals surface area contributed by atoms with Gasteiger partial charge in [0.2, 0.25) is 10.0 Å². The van der Waals surface area contributed by atoms with Gasteiger partial charge in [-0.2, -0.15) is 0 Å². The summed E-state index contributed by atoms with van der Waals surface area (Å²) in [5.74, 6) is -1.37. The van der Waals surface area contributed by atoms with Gasteiger partial charge in [-0.15, -0.1) is 13.2 Å². The molecular formula is C19H14F4N2O3S. The summed E-state index contributed by atoms with van der Waals surface area (Å²) in [6.07, 6.45) is -3.35. The zero-order chi connectivity index (χ0) is 21.4. The first-order valence-corrected chi connectivity index (χ1v) is 9.65. The molecule has 0 bridgehead atoms. The smallest absolute Gasteiger partial charge is 0.406 e. The molecule has 2 aromatic carbocycles. The molecule has 0 spiro atoms. The second-order valence-corrected chi connectivity index (χ2v) is 7.65. The van der Waals surface area contributed by atoms with Gasteiger partial charge in [0.1, 0.15) is 16.5 Å². The first-order chi connectivity index (χ1) is 13.5. The van der Waals surface area contributed by atoms with Gasteiger partial charge in [-0.25, -0.2) is 17.9 Å². The summed E-state index contributed by atoms with van der Waals surface area (Å²) in [5.41, 5.74) is 1.87. The van der Waals surface area contributed by atoms with Crippen LogP contribution in [0.1, 0.15) is 5.56 Å². The van der Waals surface area contributed by atoms with Crippen molar-refractivity contribution < 1.29 is 30.7 Å². The summed E-state index contributed by atoms with van der Waals surface area (Å²) < 4.78 is 78.4. The molecule has 0 aliphatic heterocycles. The van der Waals surface area contributed by atoms with Crippen LogP contribution in [0.5, 0.6) is 5.75 Å². The fraction of sp³-hybridized carbons (Fsp3) is 0.105. The Morgan fingerprint density at radius 3 is 2.31 bits per heavy atom. The van der Waals surface area contributed by atoms with Crippen molar-refractivity contribution in [1.82, 2.24) is 4.98 Å². The molecule has 0 fully saturated rings. The quantitative estimate of drug-likeness (QED) is 0.627. The Morgan fingerprint density at radius 1 is 1.03 bits per heavy atom. The molecule has 5 nitrogen and oxygen atoms in total. The zero-order valence-electron chi connectivity index (χ0n) is 14.9. The van der Waals surface area contributed by atoms with Crippen LogP contribution in [0.25, 0.3) is 22.4 Å². The van der Waals surface area contributed by atoms with Gasteiger partial charge in [-0.05, 0) is 48.4 Å². The number of ether oxygens (including phenoxy) is 1. The van der Waals surface area contributed by atoms with Crippen LogP contribution in [0.2, 0.25) is 0 Å². The van der Waals surface area contributed by atoms with E-state index < -0.39 is 27.1 Å². The zero-order valence-corrected chi connectivity index (χ0v) is 15.7. The number of hydrogen-bond donors (Lipinski definition) is 1. The second-order valence-electron chi connectivity index (χ2n) is 6.12. The molecule has 0 amide bonds. The molecule has 0 unspecified atom stereocenters. The van der Waals surface area contributed by atoms with E-state index in [0.717, 1.165) is 12.1 Å². The largest absolute Gasteiger partial charge is 0.573 e. The molecule has 0 atom stereocenters. The van der Waals surface area contributed by atoms with Crippen LogP contribution in [-0.2, 0) is 10.0 Å². The number of nitrogens with two attached hydrogens (primary N) is 1. The highest BCUT2D eigenvalue weighted by Gasteiger charge is 2.31. The number of halogens is 4. The number of aryl methyl sites for hydroxylation is 1. The van der Waals surface area contributed by atoms with Crippen molar-refractivity contribution in [3.8, 4) is 28.1 Å². The van der Waals surface area contributed by atoms with E-state index in [1.54, 1.807) is 12.1 Å². The van der Waals surface area contributed by atoms with Crippen LogP contribution in [0.3, 0.4) is 0 Å². The van der Waals surface area contributed by atoms with E-state index in [0.29, 0.717) is 16.8 Å². The molecule has 3 rings (SSSR count). The Bertz CT molecular complexity index is 1180. The lowest BCUT2D eigenvalue weighted by Gasteiger charge is -2.14. The van der Waals surface area contributed by atoms with E-state index in [-0.39, 0.29) is 16.9 Å². The third kappa shape index (κ3) is 4.72. The van der Waals surface area contributed by atoms with Gasteiger partial charge in [0.05, 0.1) is 5.69 Å². The number of nitrogens with zero attached hydrogens (tertiary/aromatic N) is 1. The highest BCUT2D eigenvalue weighted by Crippen LogP contribution is 2.35. The predicted octanol–water partition coefficient (Wildman–Crippen LogP) is 4.41. The van der Waals surface area contributed by atoms with Gasteiger partial charge in [-0.3, -0.25) is 4.98 Å². The Balaban J connectivity index is 2.07. The molecule has 0 saturated heterocycles. The van der Waals surface area contributed by atoms with E-state index in [4.69, 9.17) is 5.14 Å². The predicted molar refractivity (Wildman–Crippen MR) is 97.9 cm³/mol. The van der Waals surface area contributed by atoms with Crippen LogP contribution in [-0.4, -0.2) is 19.8 Å². The summed E-state index contributed by atoms with van der Waals surface area (Å²) in [7, 11) is -4.22. The maximum atomic E-state index is 14.2. The Labute approximate surface area is 163 Å². The normalized spacial score (nSPS) is 12.1. The highest BCUT2D eigenvalue weighted by atomic mass is 32.2. The van der Waals surface area contributed by atoms with Crippen molar-refractivity contribution in [3.05, 3.63) is 66.1 Å². The molecule has 0 aliphatic rings. The average molecular weight is 426 g/mol. The first kappa shape index (κ1) is 20.7. The summed E-state index contributed by atoms with van der Waals surface area (Å²) >= 11 is 0. The van der Waals surface area contributed by atoms with Crippen molar-refractivity contribution in [2.75, 3.05) is 0 Å². The standard InChI is InChI=1S/C19H14F4N2O3S/c1-11-9-12(4-6-16(11)28-19(21,22)23)14-3-2-8-25-18(14)13-5-7-17(15(20)10-13)29(24,26)27/h2-10H,1H3,(H2,24,26,27). The van der Waals surface area contributed by atoms with Gasteiger partial charge in [-0.1, -0.05) is 18.2 Å². The van der Waals surface area contributed by atoms with Crippen molar-refractivity contribution in [2.24, 2.45) is 5.14 Å². The lowest BCUT2D eigenvalue weighted by molar-refractivity contribution is -0.274. The van der Waals surface area contributed by atoms with Gasteiger partial charge in [0.25, 0.3) is 0 Å². The molecule has 2 N–H and O–H groups in total. The Hall–Kier alpha value is -2.98. The SMILES string of the molecule is Cc1cc(-c2cccnc2-c2ccc(S(N)(=O)=O)c(F)c2)ccc1OC(F)(F)F. The van der Waals surface area contributed by atoms with E-state index in [2.05, 4.69) is 9.72 Å². The van der Waals surface area contributed by atoms with Gasteiger partial charge >= 0.3 is 6.36 Å².